The van der Waals surface area contributed by atoms with Gasteiger partial charge in [0.15, 0.2) is 0 Å². The third kappa shape index (κ3) is 30.3. The van der Waals surface area contributed by atoms with E-state index in [4.69, 9.17) is 138 Å². The predicted octanol–water partition coefficient (Wildman–Crippen LogP) is 13.8. The first-order valence-electron chi connectivity index (χ1n) is 36.7. The van der Waals surface area contributed by atoms with Gasteiger partial charge in [-0.3, -0.25) is 9.11 Å². The number of phenolic OH excluding ortho intramolecular Hbond substituents is 1. The molecule has 0 aliphatic heterocycles. The molecule has 13 aromatic rings. The minimum atomic E-state index is -4.29. The Morgan fingerprint density at radius 1 is 0.392 bits per heavy atom. The first-order valence-corrected chi connectivity index (χ1v) is 41.3. The summed E-state index contributed by atoms with van der Waals surface area (Å²) in [5.74, 6) is -1.31. The van der Waals surface area contributed by atoms with Gasteiger partial charge >= 0.3 is 11.9 Å². The standard InChI is InChI=1S/C14H16N2O2.C14H16N2.C13H12N2.C9H14N2O3S.2C7H8N2O2.C6H7BrN2.C6H8N2O.C6H8N2S2.C6H7NO3S/c1-18-14-7-11(16)3-5-13(14)12-4-2-10(15)6-9(12)8-17;1-9-7-11(3-5-13(9)15)12-4-6-14(16)10(2)8-12;14-10-1-3-12-8(6-10)5-9-7-11(15)2-4-13(9)12;1-4-7(10)5(2)9(15(12,13)14)6(3)8(4)11;8-5-1-4(7(10)11)2-6(9)3-5;8-4-1-2-5(7(10)11)6(9)3-4;7-5-2-1-4(8)3-6(5)9;7-4-1-2-6(9)5(8)3-4;7-3-1-5(9)4(8)2-6(3)10;7-5-2-1-3-6(4-5)11(8,9)10/h2-7,17H,8,15-16H2,1H3;3-8H,15-16H2,1-2H3;1-4,6-7H,5,14-15H2;10-11H2,1-3H3,(H,12,13,14);2*1-3H,8-9H2,(H,10,11);1-3H,8-9H2;1-3,9H,7-8H2;1-2,9-10H,7-8H2;1-4H,7H2,(H,8,9,10). The summed E-state index contributed by atoms with van der Waals surface area (Å²) in [6.07, 6.45) is 0.945. The highest BCUT2D eigenvalue weighted by Gasteiger charge is 2.23. The molecule has 0 fully saturated rings. The van der Waals surface area contributed by atoms with E-state index < -0.39 is 32.2 Å². The third-order valence-electron chi connectivity index (χ3n) is 18.1. The molecular weight excluding hydrogens is 1740 g/mol. The van der Waals surface area contributed by atoms with Gasteiger partial charge in [0.05, 0.1) is 35.4 Å². The van der Waals surface area contributed by atoms with E-state index in [1.807, 2.05) is 80.6 Å². The van der Waals surface area contributed by atoms with E-state index in [-0.39, 0.29) is 39.0 Å². The molecule has 0 spiro atoms. The summed E-state index contributed by atoms with van der Waals surface area (Å²) in [5, 5.41) is 35.3. The second kappa shape index (κ2) is 45.4. The number of phenols is 1. The van der Waals surface area contributed by atoms with E-state index in [2.05, 4.69) is 65.5 Å². The molecule has 0 saturated heterocycles. The summed E-state index contributed by atoms with van der Waals surface area (Å²) >= 11 is 11.4. The Labute approximate surface area is 743 Å². The number of carbonyl (C=O) groups is 2. The average Bonchev–Trinajstić information content (AvgIpc) is 0.837. The monoisotopic (exact) mass is 1840 g/mol. The van der Waals surface area contributed by atoms with Crippen molar-refractivity contribution in [2.24, 2.45) is 0 Å². The van der Waals surface area contributed by atoms with Crippen LogP contribution in [0.2, 0.25) is 0 Å². The van der Waals surface area contributed by atoms with Crippen LogP contribution < -0.4 is 114 Å². The summed E-state index contributed by atoms with van der Waals surface area (Å²) in [6.45, 7) is 8.74. The SMILES string of the molecule is COc1cc(N)ccc1-c1ccc(N)cc1CO.Cc1c(N)c(C)c(S(=O)(=O)O)c(C)c1N.Cc1cc(-c2ccc(N)c(C)c2)ccc1N.Nc1cc(N)cc(C(=O)O)c1.Nc1cc(S)c(N)cc1S.Nc1ccc(Br)c(N)c1.Nc1ccc(C(=O)O)c(N)c1.Nc1ccc(O)c(N)c1.Nc1ccc2c(c1)Cc1cc(N)ccc1-2.Nc1cccc(S(=O)(=O)O)c1. The molecule has 0 aromatic heterocycles. The van der Waals surface area contributed by atoms with Crippen molar-refractivity contribution in [3.05, 3.63) is 278 Å². The van der Waals surface area contributed by atoms with Gasteiger partial charge in [-0.2, -0.15) is 16.8 Å². The molecule has 1 aliphatic rings. The van der Waals surface area contributed by atoms with Crippen LogP contribution in [0.15, 0.2) is 242 Å². The molecule has 44 N–H and O–H groups in total. The molecular formula is C88H104BrN19O13S4. The zero-order valence-corrected chi connectivity index (χ0v) is 73.8. The molecule has 0 atom stereocenters. The molecule has 0 saturated carbocycles. The fourth-order valence-electron chi connectivity index (χ4n) is 11.5. The number of benzene rings is 13. The van der Waals surface area contributed by atoms with Crippen LogP contribution in [0, 0.1) is 34.6 Å². The fraction of sp³-hybridized carbons (Fsp3) is 0.0909. The molecule has 660 valence electrons. The molecule has 14 rings (SSSR count). The number of aromatic hydroxyl groups is 1. The van der Waals surface area contributed by atoms with Gasteiger partial charge in [-0.05, 0) is 305 Å². The van der Waals surface area contributed by atoms with Crippen LogP contribution in [0.3, 0.4) is 0 Å². The lowest BCUT2D eigenvalue weighted by atomic mass is 9.98. The van der Waals surface area contributed by atoms with Crippen LogP contribution in [0.1, 0.15) is 65.2 Å². The lowest BCUT2D eigenvalue weighted by molar-refractivity contribution is 0.0686. The Balaban J connectivity index is 0.000000249. The van der Waals surface area contributed by atoms with Crippen LogP contribution in [0.25, 0.3) is 33.4 Å². The number of thiol groups is 2. The second-order valence-electron chi connectivity index (χ2n) is 27.7. The molecule has 0 radical (unpaired) electrons. The van der Waals surface area contributed by atoms with Crippen molar-refractivity contribution in [1.29, 1.82) is 0 Å². The topological polar surface area (TPSA) is 727 Å². The average molecular weight is 1840 g/mol. The lowest BCUT2D eigenvalue weighted by Crippen LogP contribution is -2.10. The Kier molecular flexibility index (Phi) is 36.8. The Bertz CT molecular complexity index is 6000. The van der Waals surface area contributed by atoms with Crippen LogP contribution in [0.5, 0.6) is 11.5 Å². The Hall–Kier alpha value is -14.4. The number of aliphatic hydroxyl groups is 1. The first-order chi connectivity index (χ1) is 58.3. The van der Waals surface area contributed by atoms with E-state index in [0.717, 1.165) is 61.5 Å². The van der Waals surface area contributed by atoms with E-state index in [1.165, 1.54) is 120 Å². The van der Waals surface area contributed by atoms with Crippen molar-refractivity contribution < 1.29 is 60.7 Å². The highest BCUT2D eigenvalue weighted by atomic mass is 79.9. The van der Waals surface area contributed by atoms with Gasteiger partial charge in [0.2, 0.25) is 0 Å². The molecule has 37 heteroatoms. The van der Waals surface area contributed by atoms with Crippen molar-refractivity contribution in [2.75, 3.05) is 116 Å². The van der Waals surface area contributed by atoms with Gasteiger partial charge in [0.25, 0.3) is 20.2 Å². The second-order valence-corrected chi connectivity index (χ2v) is 32.3. The normalized spacial score (nSPS) is 10.5. The quantitative estimate of drug-likeness (QED) is 0.0221. The molecule has 0 unspecified atom stereocenters. The van der Waals surface area contributed by atoms with Gasteiger partial charge < -0.3 is 134 Å². The minimum absolute atomic E-state index is 0.0733. The summed E-state index contributed by atoms with van der Waals surface area (Å²) in [7, 11) is -6.80. The maximum absolute atomic E-state index is 11.1. The number of anilines is 19. The van der Waals surface area contributed by atoms with E-state index in [1.54, 1.807) is 68.6 Å². The molecule has 1 aliphatic carbocycles. The van der Waals surface area contributed by atoms with Gasteiger partial charge in [-0.15, -0.1) is 25.3 Å². The zero-order valence-electron chi connectivity index (χ0n) is 68.8. The number of hydrogen-bond acceptors (Lipinski definition) is 30. The molecule has 125 heavy (non-hydrogen) atoms. The molecule has 0 amide bonds. The number of aromatic carboxylic acids is 2. The number of hydrogen-bond donors (Lipinski definition) is 27. The zero-order chi connectivity index (χ0) is 94.0. The Morgan fingerprint density at radius 3 is 1.18 bits per heavy atom. The molecule has 13 aromatic carbocycles. The van der Waals surface area contributed by atoms with E-state index in [9.17, 15) is 31.5 Å². The number of methoxy groups -OCH3 is 1. The summed E-state index contributed by atoms with van der Waals surface area (Å²) in [4.78, 5) is 21.8. The smallest absolute Gasteiger partial charge is 0.337 e. The number of fused-ring (bicyclic) bond motifs is 3. The number of aryl methyl sites for hydroxylation is 2. The first kappa shape index (κ1) is 101. The summed E-state index contributed by atoms with van der Waals surface area (Å²) in [5.41, 5.74) is 129. The maximum atomic E-state index is 11.1. The van der Waals surface area contributed by atoms with Crippen LogP contribution in [-0.4, -0.2) is 65.4 Å². The number of carboxylic acids is 2. The third-order valence-corrected chi connectivity index (χ3v) is 21.6. The largest absolute Gasteiger partial charge is 0.506 e. The van der Waals surface area contributed by atoms with Crippen LogP contribution >= 0.6 is 41.2 Å². The number of rotatable bonds is 8. The predicted molar refractivity (Wildman–Crippen MR) is 521 cm³/mol. The van der Waals surface area contributed by atoms with Gasteiger partial charge in [-0.1, -0.05) is 36.4 Å². The summed E-state index contributed by atoms with van der Waals surface area (Å²) in [6, 6.07) is 62.4. The van der Waals surface area contributed by atoms with Gasteiger partial charge in [0, 0.05) is 128 Å². The molecule has 32 nitrogen and oxygen atoms in total. The highest BCUT2D eigenvalue weighted by Crippen LogP contribution is 2.40. The number of nitrogens with two attached hydrogens (primary N) is 19. The summed E-state index contributed by atoms with van der Waals surface area (Å²) < 4.78 is 67.0. The van der Waals surface area contributed by atoms with Gasteiger partial charge in [-0.25, -0.2) is 9.59 Å². The lowest BCUT2D eigenvalue weighted by Gasteiger charge is -2.15. The fourth-order valence-corrected chi connectivity index (χ4v) is 13.7. The molecule has 0 bridgehead atoms. The number of ether oxygens (including phenoxy) is 1. The molecule has 0 heterocycles. The minimum Gasteiger partial charge on any atom is -0.506 e. The number of carboxylic acid groups (broad SMARTS) is 2. The van der Waals surface area contributed by atoms with Crippen LogP contribution in [0.4, 0.5) is 108 Å². The maximum Gasteiger partial charge on any atom is 0.337 e. The highest BCUT2D eigenvalue weighted by molar-refractivity contribution is 9.10. The van der Waals surface area contributed by atoms with E-state index in [0.29, 0.717) is 112 Å². The van der Waals surface area contributed by atoms with Crippen LogP contribution in [-0.2, 0) is 33.3 Å². The van der Waals surface area contributed by atoms with Gasteiger partial charge in [0.1, 0.15) is 16.4 Å². The van der Waals surface area contributed by atoms with Crippen molar-refractivity contribution in [3.63, 3.8) is 0 Å². The number of nitrogen functional groups attached to an aromatic ring is 19. The van der Waals surface area contributed by atoms with Crippen molar-refractivity contribution >= 4 is 181 Å². The van der Waals surface area contributed by atoms with Crippen molar-refractivity contribution in [1.82, 2.24) is 0 Å². The van der Waals surface area contributed by atoms with E-state index >= 15 is 0 Å². The van der Waals surface area contributed by atoms with Crippen molar-refractivity contribution in [2.45, 2.75) is 67.2 Å². The Morgan fingerprint density at radius 2 is 0.800 bits per heavy atom. The number of halogens is 1. The van der Waals surface area contributed by atoms with Crippen molar-refractivity contribution in [3.8, 4) is 44.9 Å². The number of aliphatic hydroxyl groups excluding tert-OH is 1.